The van der Waals surface area contributed by atoms with Crippen molar-refractivity contribution in [3.05, 3.63) is 71.8 Å². The number of rotatable bonds is 3. The van der Waals surface area contributed by atoms with E-state index in [-0.39, 0.29) is 18.0 Å². The van der Waals surface area contributed by atoms with E-state index in [1.807, 2.05) is 37.4 Å². The fraction of sp³-hybridized carbons (Fsp3) is 0.276. The Morgan fingerprint density at radius 1 is 1.16 bits per heavy atom. The van der Waals surface area contributed by atoms with Crippen molar-refractivity contribution in [2.45, 2.75) is 25.5 Å². The predicted octanol–water partition coefficient (Wildman–Crippen LogP) is 4.43. The van der Waals surface area contributed by atoms with Crippen molar-refractivity contribution in [2.24, 2.45) is 0 Å². The van der Waals surface area contributed by atoms with Gasteiger partial charge < -0.3 is 20.7 Å². The van der Waals surface area contributed by atoms with Crippen molar-refractivity contribution < 1.29 is 9.13 Å². The molecule has 0 bridgehead atoms. The van der Waals surface area contributed by atoms with Crippen LogP contribution in [-0.2, 0) is 4.74 Å². The first-order valence-electron chi connectivity index (χ1n) is 12.5. The van der Waals surface area contributed by atoms with E-state index < -0.39 is 0 Å². The number of pyridine rings is 2. The van der Waals surface area contributed by atoms with Crippen LogP contribution < -0.4 is 16.0 Å². The molecule has 6 rings (SSSR count). The summed E-state index contributed by atoms with van der Waals surface area (Å²) < 4.78 is 20.5. The van der Waals surface area contributed by atoms with E-state index in [0.717, 1.165) is 71.5 Å². The van der Waals surface area contributed by atoms with Crippen LogP contribution in [0, 0.1) is 24.1 Å². The van der Waals surface area contributed by atoms with Gasteiger partial charge >= 0.3 is 0 Å². The van der Waals surface area contributed by atoms with Crippen molar-refractivity contribution in [1.29, 1.82) is 5.26 Å². The van der Waals surface area contributed by atoms with E-state index in [4.69, 9.17) is 15.5 Å². The van der Waals surface area contributed by atoms with Crippen LogP contribution in [0.25, 0.3) is 33.3 Å². The molecule has 186 valence electrons. The third-order valence-electron chi connectivity index (χ3n) is 7.28. The summed E-state index contributed by atoms with van der Waals surface area (Å²) in [5.41, 5.74) is 12.7. The zero-order valence-electron chi connectivity index (χ0n) is 20.5. The minimum Gasteiger partial charge on any atom is -0.396 e. The van der Waals surface area contributed by atoms with Gasteiger partial charge in [-0.05, 0) is 54.8 Å². The normalized spacial score (nSPS) is 19.4. The number of hydrogen-bond acceptors (Lipinski definition) is 7. The highest BCUT2D eigenvalue weighted by Crippen LogP contribution is 2.40. The topological polar surface area (TPSA) is 100 Å². The molecule has 4 aromatic rings. The smallest absolute Gasteiger partial charge is 0.124 e. The van der Waals surface area contributed by atoms with Crippen LogP contribution in [0.1, 0.15) is 17.5 Å². The summed E-state index contributed by atoms with van der Waals surface area (Å²) in [6, 6.07) is 14.9. The number of halogens is 1. The maximum Gasteiger partial charge on any atom is 0.124 e. The lowest BCUT2D eigenvalue weighted by molar-refractivity contribution is -0.0134. The Kier molecular flexibility index (Phi) is 5.95. The molecule has 0 aliphatic carbocycles. The SMILES string of the molecule is Cc1cc(F)cc(-c2cnc3ccc(-c4nccc(C#N)c4N)cc3c2N2CC[C@H]3OCCN[C@@H]3C2)c1. The van der Waals surface area contributed by atoms with E-state index in [2.05, 4.69) is 21.3 Å². The number of nitrogen functional groups attached to an aromatic ring is 1. The lowest BCUT2D eigenvalue weighted by atomic mass is 9.94. The maximum atomic E-state index is 14.5. The monoisotopic (exact) mass is 494 g/mol. The second kappa shape index (κ2) is 9.43. The molecular weight excluding hydrogens is 467 g/mol. The zero-order valence-corrected chi connectivity index (χ0v) is 20.5. The number of fused-ring (bicyclic) bond motifs is 2. The molecule has 2 atom stereocenters. The number of hydrogen-bond donors (Lipinski definition) is 2. The van der Waals surface area contributed by atoms with Gasteiger partial charge in [-0.25, -0.2) is 4.39 Å². The Labute approximate surface area is 214 Å². The Morgan fingerprint density at radius 2 is 2.05 bits per heavy atom. The van der Waals surface area contributed by atoms with Crippen LogP contribution in [0.15, 0.2) is 54.9 Å². The highest BCUT2D eigenvalue weighted by atomic mass is 19.1. The number of benzene rings is 2. The molecule has 4 heterocycles. The lowest BCUT2D eigenvalue weighted by Crippen LogP contribution is -2.58. The summed E-state index contributed by atoms with van der Waals surface area (Å²) in [4.78, 5) is 11.6. The zero-order chi connectivity index (χ0) is 25.5. The standard InChI is InChI=1S/C29H27FN6O/c1-17-10-20(12-21(30)11-17)23-15-35-24-3-2-18(28-27(32)19(14-31)4-6-34-28)13-22(24)29(23)36-8-5-26-25(16-36)33-7-9-37-26/h2-4,6,10-13,15,25-26,33H,5,7-9,16,32H2,1H3/t25-,26-/m1/s1. The molecule has 2 saturated heterocycles. The fourth-order valence-electron chi connectivity index (χ4n) is 5.55. The number of nitrogens with one attached hydrogen (secondary N) is 1. The van der Waals surface area contributed by atoms with Gasteiger partial charge in [-0.15, -0.1) is 0 Å². The van der Waals surface area contributed by atoms with Crippen LogP contribution in [-0.4, -0.2) is 48.4 Å². The Morgan fingerprint density at radius 3 is 2.89 bits per heavy atom. The van der Waals surface area contributed by atoms with Crippen molar-refractivity contribution in [2.75, 3.05) is 36.9 Å². The lowest BCUT2D eigenvalue weighted by Gasteiger charge is -2.43. The van der Waals surface area contributed by atoms with E-state index in [0.29, 0.717) is 16.9 Å². The Bertz CT molecular complexity index is 1530. The van der Waals surface area contributed by atoms with Gasteiger partial charge in [0.1, 0.15) is 11.9 Å². The first-order chi connectivity index (χ1) is 18.0. The van der Waals surface area contributed by atoms with Gasteiger partial charge in [-0.3, -0.25) is 9.97 Å². The van der Waals surface area contributed by atoms with E-state index in [1.165, 1.54) is 6.07 Å². The first-order valence-corrected chi connectivity index (χ1v) is 12.5. The number of aromatic nitrogens is 2. The molecular formula is C29H27FN6O. The number of nitrogens with two attached hydrogens (primary N) is 1. The van der Waals surface area contributed by atoms with Crippen molar-refractivity contribution in [1.82, 2.24) is 15.3 Å². The minimum absolute atomic E-state index is 0.186. The van der Waals surface area contributed by atoms with Gasteiger partial charge in [0.2, 0.25) is 0 Å². The molecule has 0 unspecified atom stereocenters. The Balaban J connectivity index is 1.56. The van der Waals surface area contributed by atoms with Gasteiger partial charge in [-0.1, -0.05) is 12.1 Å². The average molecular weight is 495 g/mol. The molecule has 8 heteroatoms. The number of morpholine rings is 1. The average Bonchev–Trinajstić information content (AvgIpc) is 2.91. The van der Waals surface area contributed by atoms with Gasteiger partial charge in [0, 0.05) is 48.5 Å². The summed E-state index contributed by atoms with van der Waals surface area (Å²) >= 11 is 0. The van der Waals surface area contributed by atoms with Crippen LogP contribution in [0.4, 0.5) is 15.8 Å². The minimum atomic E-state index is -0.277. The molecule has 2 aliphatic rings. The third-order valence-corrected chi connectivity index (χ3v) is 7.28. The third kappa shape index (κ3) is 4.26. The van der Waals surface area contributed by atoms with Gasteiger partial charge in [0.15, 0.2) is 0 Å². The molecule has 2 aliphatic heterocycles. The second-order valence-electron chi connectivity index (χ2n) is 9.71. The van der Waals surface area contributed by atoms with Crippen LogP contribution in [0.5, 0.6) is 0 Å². The number of nitriles is 1. The van der Waals surface area contributed by atoms with Crippen molar-refractivity contribution in [3.63, 3.8) is 0 Å². The number of piperidine rings is 1. The molecule has 7 nitrogen and oxygen atoms in total. The second-order valence-corrected chi connectivity index (χ2v) is 9.71. The van der Waals surface area contributed by atoms with Crippen LogP contribution in [0.2, 0.25) is 0 Å². The van der Waals surface area contributed by atoms with Gasteiger partial charge in [0.05, 0.1) is 46.9 Å². The van der Waals surface area contributed by atoms with Crippen molar-refractivity contribution >= 4 is 22.3 Å². The molecule has 0 spiro atoms. The number of anilines is 2. The molecule has 37 heavy (non-hydrogen) atoms. The number of ether oxygens (including phenoxy) is 1. The summed E-state index contributed by atoms with van der Waals surface area (Å²) in [6.45, 7) is 5.01. The van der Waals surface area contributed by atoms with E-state index in [1.54, 1.807) is 18.3 Å². The fourth-order valence-corrected chi connectivity index (χ4v) is 5.55. The summed E-state index contributed by atoms with van der Waals surface area (Å²) in [7, 11) is 0. The first kappa shape index (κ1) is 23.3. The van der Waals surface area contributed by atoms with Crippen molar-refractivity contribution in [3.8, 4) is 28.5 Å². The largest absolute Gasteiger partial charge is 0.396 e. The Hall–Kier alpha value is -4.06. The molecule has 2 aromatic carbocycles. The quantitative estimate of drug-likeness (QED) is 0.435. The molecule has 2 fully saturated rings. The molecule has 0 saturated carbocycles. The molecule has 3 N–H and O–H groups in total. The van der Waals surface area contributed by atoms with E-state index in [9.17, 15) is 9.65 Å². The number of nitrogens with zero attached hydrogens (tertiary/aromatic N) is 4. The summed E-state index contributed by atoms with van der Waals surface area (Å²) in [6.07, 6.45) is 4.51. The van der Waals surface area contributed by atoms with E-state index >= 15 is 0 Å². The molecule has 0 amide bonds. The molecule has 2 aromatic heterocycles. The van der Waals surface area contributed by atoms with Crippen LogP contribution in [0.3, 0.4) is 0 Å². The number of aryl methyl sites for hydroxylation is 1. The summed E-state index contributed by atoms with van der Waals surface area (Å²) in [5.74, 6) is -0.277. The highest BCUT2D eigenvalue weighted by Gasteiger charge is 2.33. The van der Waals surface area contributed by atoms with Gasteiger partial charge in [-0.2, -0.15) is 5.26 Å². The van der Waals surface area contributed by atoms with Crippen LogP contribution >= 0.6 is 0 Å². The summed E-state index contributed by atoms with van der Waals surface area (Å²) in [5, 5.41) is 14.0. The maximum absolute atomic E-state index is 14.5. The van der Waals surface area contributed by atoms with Gasteiger partial charge in [0.25, 0.3) is 0 Å². The highest BCUT2D eigenvalue weighted by molar-refractivity contribution is 6.02. The molecule has 0 radical (unpaired) electrons. The predicted molar refractivity (Wildman–Crippen MR) is 143 cm³/mol.